The summed E-state index contributed by atoms with van der Waals surface area (Å²) in [6, 6.07) is 20.4. The van der Waals surface area contributed by atoms with Crippen LogP contribution in [-0.4, -0.2) is 76.8 Å². The number of nitrogens with zero attached hydrogens (tertiary/aromatic N) is 5. The summed E-state index contributed by atoms with van der Waals surface area (Å²) in [5.41, 5.74) is 5.12. The summed E-state index contributed by atoms with van der Waals surface area (Å²) in [6.07, 6.45) is 6.43. The molecule has 1 aliphatic heterocycles. The molecule has 3 heterocycles. The maximum atomic E-state index is 13.9. The van der Waals surface area contributed by atoms with E-state index in [1.165, 1.54) is 0 Å². The van der Waals surface area contributed by atoms with Crippen LogP contribution in [0.2, 0.25) is 0 Å². The van der Waals surface area contributed by atoms with Crippen molar-refractivity contribution >= 4 is 15.5 Å². The molecule has 2 aromatic heterocycles. The fraction of sp³-hybridized carbons (Fsp3) is 0.556. The van der Waals surface area contributed by atoms with Crippen molar-refractivity contribution in [1.82, 2.24) is 24.2 Å². The van der Waals surface area contributed by atoms with Crippen molar-refractivity contribution in [3.8, 4) is 0 Å². The molecule has 49 heavy (non-hydrogen) atoms. The summed E-state index contributed by atoms with van der Waals surface area (Å²) in [6.45, 7) is 12.6. The molecule has 3 aromatic rings. The van der Waals surface area contributed by atoms with Gasteiger partial charge in [-0.05, 0) is 82.3 Å². The van der Waals surface area contributed by atoms with Crippen LogP contribution in [0.5, 0.6) is 0 Å². The summed E-state index contributed by atoms with van der Waals surface area (Å²) in [4.78, 5) is 11.8. The molecule has 0 radical (unpaired) electrons. The van der Waals surface area contributed by atoms with Gasteiger partial charge in [0.25, 0.3) is 0 Å². The fourth-order valence-corrected chi connectivity index (χ4v) is 9.40. The molecule has 11 nitrogen and oxygen atoms in total. The van der Waals surface area contributed by atoms with Gasteiger partial charge >= 0.3 is 15.5 Å². The van der Waals surface area contributed by atoms with E-state index in [0.29, 0.717) is 52.5 Å². The molecule has 1 aromatic carbocycles. The SMILES string of the molecule is CCOP(=O)(OCC)N1CCCCCc2cccc(n2)CCN(Cc2ccc(CN(Cc3ccccn3)P(=O)(OCC)OCC)cc2)CC1. The van der Waals surface area contributed by atoms with E-state index in [2.05, 4.69) is 52.3 Å². The van der Waals surface area contributed by atoms with E-state index in [4.69, 9.17) is 23.1 Å². The van der Waals surface area contributed by atoms with Gasteiger partial charge in [0, 0.05) is 63.3 Å². The molecule has 0 saturated heterocycles. The van der Waals surface area contributed by atoms with Gasteiger partial charge in [-0.2, -0.15) is 4.67 Å². The number of pyridine rings is 2. The maximum absolute atomic E-state index is 13.9. The van der Waals surface area contributed by atoms with E-state index in [1.54, 1.807) is 10.9 Å². The van der Waals surface area contributed by atoms with E-state index in [9.17, 15) is 9.13 Å². The molecule has 270 valence electrons. The Morgan fingerprint density at radius 2 is 1.35 bits per heavy atom. The molecule has 0 unspecified atom stereocenters. The van der Waals surface area contributed by atoms with Crippen molar-refractivity contribution < 1.29 is 27.2 Å². The normalized spacial score (nSPS) is 16.1. The van der Waals surface area contributed by atoms with Crippen LogP contribution in [0.25, 0.3) is 0 Å². The van der Waals surface area contributed by atoms with Crippen LogP contribution >= 0.6 is 15.5 Å². The minimum absolute atomic E-state index is 0.270. The summed E-state index contributed by atoms with van der Waals surface area (Å²) >= 11 is 0. The molecule has 2 bridgehead atoms. The minimum atomic E-state index is -3.55. The first-order chi connectivity index (χ1) is 23.8. The third-order valence-corrected chi connectivity index (χ3v) is 12.7. The topological polar surface area (TPSA) is 107 Å². The van der Waals surface area contributed by atoms with Crippen LogP contribution in [0, 0.1) is 0 Å². The van der Waals surface area contributed by atoms with Gasteiger partial charge < -0.3 is 0 Å². The van der Waals surface area contributed by atoms with Crippen LogP contribution in [0.3, 0.4) is 0 Å². The Bertz CT molecular complexity index is 1460. The first kappa shape index (κ1) is 39.5. The molecule has 13 heteroatoms. The Kier molecular flexibility index (Phi) is 16.5. The zero-order chi connectivity index (χ0) is 35.0. The highest BCUT2D eigenvalue weighted by molar-refractivity contribution is 7.51. The highest BCUT2D eigenvalue weighted by Gasteiger charge is 2.34. The zero-order valence-electron chi connectivity index (χ0n) is 29.7. The maximum Gasteiger partial charge on any atom is 0.408 e. The van der Waals surface area contributed by atoms with Crippen molar-refractivity contribution in [2.75, 3.05) is 52.6 Å². The molecule has 4 rings (SSSR count). The van der Waals surface area contributed by atoms with E-state index in [0.717, 1.165) is 66.9 Å². The van der Waals surface area contributed by atoms with Gasteiger partial charge in [-0.15, -0.1) is 0 Å². The highest BCUT2D eigenvalue weighted by atomic mass is 31.2. The van der Waals surface area contributed by atoms with Gasteiger partial charge in [-0.3, -0.25) is 33.0 Å². The number of rotatable bonds is 16. The number of benzene rings is 1. The molecule has 0 amide bonds. The molecule has 0 atom stereocenters. The number of aromatic nitrogens is 2. The molecule has 0 aliphatic carbocycles. The summed E-state index contributed by atoms with van der Waals surface area (Å²) in [7, 11) is -6.96. The van der Waals surface area contributed by atoms with E-state index in [1.807, 2.05) is 50.6 Å². The molecular weight excluding hydrogens is 660 g/mol. The summed E-state index contributed by atoms with van der Waals surface area (Å²) in [5, 5.41) is 0. The quantitative estimate of drug-likeness (QED) is 0.135. The van der Waals surface area contributed by atoms with Gasteiger partial charge in [0.15, 0.2) is 0 Å². The van der Waals surface area contributed by atoms with Gasteiger partial charge in [0.1, 0.15) is 0 Å². The smallest absolute Gasteiger partial charge is 0.297 e. The number of hydrogen-bond donors (Lipinski definition) is 0. The third kappa shape index (κ3) is 12.5. The molecule has 0 fully saturated rings. The zero-order valence-corrected chi connectivity index (χ0v) is 31.5. The van der Waals surface area contributed by atoms with Gasteiger partial charge in [0.05, 0.1) is 38.7 Å². The summed E-state index contributed by atoms with van der Waals surface area (Å²) < 4.78 is 54.5. The largest absolute Gasteiger partial charge is 0.408 e. The van der Waals surface area contributed by atoms with Gasteiger partial charge in [0.2, 0.25) is 0 Å². The Morgan fingerprint density at radius 3 is 2.00 bits per heavy atom. The van der Waals surface area contributed by atoms with Crippen LogP contribution in [0.1, 0.15) is 75.2 Å². The lowest BCUT2D eigenvalue weighted by Gasteiger charge is -2.32. The molecule has 1 aliphatic rings. The Morgan fingerprint density at radius 1 is 0.673 bits per heavy atom. The Balaban J connectivity index is 1.53. The lowest BCUT2D eigenvalue weighted by molar-refractivity contribution is 0.154. The number of fused-ring (bicyclic) bond motifs is 2. The predicted octanol–water partition coefficient (Wildman–Crippen LogP) is 7.91. The number of aryl methyl sites for hydroxylation is 1. The average Bonchev–Trinajstić information content (AvgIpc) is 3.09. The van der Waals surface area contributed by atoms with Crippen LogP contribution in [0.15, 0.2) is 66.9 Å². The molecular formula is C36H55N5O6P2. The molecule has 0 N–H and O–H groups in total. The minimum Gasteiger partial charge on any atom is -0.297 e. The van der Waals surface area contributed by atoms with Crippen molar-refractivity contribution in [1.29, 1.82) is 0 Å². The molecule has 0 saturated carbocycles. The third-order valence-electron chi connectivity index (χ3n) is 8.30. The second-order valence-electron chi connectivity index (χ2n) is 12.0. The fourth-order valence-electron chi connectivity index (χ4n) is 5.92. The number of hydrogen-bond acceptors (Lipinski definition) is 9. The summed E-state index contributed by atoms with van der Waals surface area (Å²) in [5.74, 6) is 0. The predicted molar refractivity (Wildman–Crippen MR) is 194 cm³/mol. The second kappa shape index (κ2) is 20.5. The van der Waals surface area contributed by atoms with Gasteiger partial charge in [-0.25, -0.2) is 13.8 Å². The van der Waals surface area contributed by atoms with Crippen molar-refractivity contribution in [2.24, 2.45) is 0 Å². The van der Waals surface area contributed by atoms with E-state index in [-0.39, 0.29) is 13.2 Å². The van der Waals surface area contributed by atoms with Crippen molar-refractivity contribution in [3.63, 3.8) is 0 Å². The highest BCUT2D eigenvalue weighted by Crippen LogP contribution is 2.53. The van der Waals surface area contributed by atoms with Gasteiger partial charge in [-0.1, -0.05) is 42.8 Å². The Labute approximate surface area is 293 Å². The Hall–Kier alpha value is -2.30. The van der Waals surface area contributed by atoms with E-state index >= 15 is 0 Å². The average molecular weight is 716 g/mol. The van der Waals surface area contributed by atoms with Crippen molar-refractivity contribution in [3.05, 3.63) is 95.1 Å². The first-order valence-corrected chi connectivity index (χ1v) is 20.7. The van der Waals surface area contributed by atoms with Crippen LogP contribution in [0.4, 0.5) is 0 Å². The second-order valence-corrected chi connectivity index (χ2v) is 16.0. The van der Waals surface area contributed by atoms with E-state index < -0.39 is 15.5 Å². The lowest BCUT2D eigenvalue weighted by atomic mass is 10.1. The van der Waals surface area contributed by atoms with Crippen LogP contribution in [-0.2, 0) is 59.7 Å². The van der Waals surface area contributed by atoms with Crippen LogP contribution < -0.4 is 0 Å². The monoisotopic (exact) mass is 715 g/mol. The standard InChI is InChI=1S/C36H55N5O6P2/c1-5-44-48(42,45-6-2)40-25-13-9-10-15-34-17-14-18-35(38-34)23-26-39(27-28-40)29-32-19-21-33(22-20-32)30-41(31-36-16-11-12-24-37-36)49(43,46-7-3)47-8-4/h11-12,14,16-22,24H,5-10,13,15,23,25-31H2,1-4H3. The van der Waals surface area contributed by atoms with Crippen molar-refractivity contribution in [2.45, 2.75) is 79.4 Å². The first-order valence-electron chi connectivity index (χ1n) is 17.7. The molecule has 0 spiro atoms. The lowest BCUT2D eigenvalue weighted by Crippen LogP contribution is -2.36.